The second kappa shape index (κ2) is 7.81. The first-order valence-corrected chi connectivity index (χ1v) is 8.51. The first kappa shape index (κ1) is 14.7. The maximum absolute atomic E-state index is 5.68. The second-order valence-corrected chi connectivity index (χ2v) is 6.56. The molecule has 0 amide bonds. The minimum absolute atomic E-state index is 0.514. The number of para-hydroxylation sites is 1. The number of benzene rings is 1. The number of ether oxygens (including phenoxy) is 1. The molecule has 1 N–H and O–H groups in total. The van der Waals surface area contributed by atoms with Gasteiger partial charge in [0.05, 0.1) is 6.61 Å². The molecule has 0 heterocycles. The van der Waals surface area contributed by atoms with Crippen LogP contribution in [0.25, 0.3) is 0 Å². The van der Waals surface area contributed by atoms with E-state index < -0.39 is 0 Å². The first-order chi connectivity index (χ1) is 9.35. The van der Waals surface area contributed by atoms with Gasteiger partial charge in [0.15, 0.2) is 0 Å². The first-order valence-electron chi connectivity index (χ1n) is 7.28. The highest BCUT2D eigenvalue weighted by atomic mass is 32.2. The van der Waals surface area contributed by atoms with Gasteiger partial charge in [0.25, 0.3) is 0 Å². The largest absolute Gasteiger partial charge is 0.494 e. The molecule has 0 bridgehead atoms. The molecule has 1 aliphatic rings. The van der Waals surface area contributed by atoms with Gasteiger partial charge in [0.1, 0.15) is 5.75 Å². The second-order valence-electron chi connectivity index (χ2n) is 5.29. The number of thioether (sulfide) groups is 1. The summed E-state index contributed by atoms with van der Waals surface area (Å²) < 4.78 is 6.20. The summed E-state index contributed by atoms with van der Waals surface area (Å²) in [6, 6.07) is 10.0. The zero-order valence-corrected chi connectivity index (χ0v) is 12.7. The Kier molecular flexibility index (Phi) is 6.05. The van der Waals surface area contributed by atoms with Crippen molar-refractivity contribution >= 4 is 11.8 Å². The fourth-order valence-electron chi connectivity index (χ4n) is 2.69. The lowest BCUT2D eigenvalue weighted by Crippen LogP contribution is -2.35. The van der Waals surface area contributed by atoms with E-state index in [-0.39, 0.29) is 0 Å². The standard InChI is InChI=1S/C16H25NOS/c1-19-16(10-5-6-11-16)14-17-12-7-13-18-15-8-3-2-4-9-15/h2-4,8-9,17H,5-7,10-14H2,1H3. The monoisotopic (exact) mass is 279 g/mol. The molecule has 106 valence electrons. The molecular formula is C16H25NOS. The molecular weight excluding hydrogens is 254 g/mol. The molecule has 0 unspecified atom stereocenters. The quantitative estimate of drug-likeness (QED) is 0.733. The lowest BCUT2D eigenvalue weighted by atomic mass is 10.1. The van der Waals surface area contributed by atoms with Crippen LogP contribution in [-0.4, -0.2) is 30.7 Å². The summed E-state index contributed by atoms with van der Waals surface area (Å²) in [5, 5.41) is 3.60. The smallest absolute Gasteiger partial charge is 0.119 e. The molecule has 1 saturated carbocycles. The average Bonchev–Trinajstić information content (AvgIpc) is 2.93. The number of hydrogen-bond acceptors (Lipinski definition) is 3. The summed E-state index contributed by atoms with van der Waals surface area (Å²) in [5.41, 5.74) is 0. The SMILES string of the molecule is CSC1(CNCCCOc2ccccc2)CCCC1. The Hall–Kier alpha value is -0.670. The van der Waals surface area contributed by atoms with Crippen molar-refractivity contribution in [1.82, 2.24) is 5.32 Å². The topological polar surface area (TPSA) is 21.3 Å². The van der Waals surface area contributed by atoms with E-state index in [0.29, 0.717) is 4.75 Å². The minimum Gasteiger partial charge on any atom is -0.494 e. The van der Waals surface area contributed by atoms with Gasteiger partial charge in [-0.3, -0.25) is 0 Å². The molecule has 0 aromatic heterocycles. The zero-order valence-electron chi connectivity index (χ0n) is 11.9. The number of rotatable bonds is 8. The van der Waals surface area contributed by atoms with E-state index in [1.54, 1.807) is 0 Å². The third-order valence-corrected chi connectivity index (χ3v) is 5.32. The Morgan fingerprint density at radius 2 is 1.95 bits per heavy atom. The third kappa shape index (κ3) is 4.73. The molecule has 0 atom stereocenters. The fourth-order valence-corrected chi connectivity index (χ4v) is 3.64. The maximum atomic E-state index is 5.68. The Morgan fingerprint density at radius 3 is 2.63 bits per heavy atom. The fraction of sp³-hybridized carbons (Fsp3) is 0.625. The van der Waals surface area contributed by atoms with Crippen LogP contribution in [0.3, 0.4) is 0 Å². The number of hydrogen-bond donors (Lipinski definition) is 1. The normalized spacial score (nSPS) is 17.5. The van der Waals surface area contributed by atoms with Crippen LogP contribution in [0.5, 0.6) is 5.75 Å². The van der Waals surface area contributed by atoms with E-state index in [2.05, 4.69) is 11.6 Å². The molecule has 1 aliphatic carbocycles. The van der Waals surface area contributed by atoms with Gasteiger partial charge < -0.3 is 10.1 Å². The van der Waals surface area contributed by atoms with Gasteiger partial charge in [0.2, 0.25) is 0 Å². The highest BCUT2D eigenvalue weighted by Crippen LogP contribution is 2.39. The lowest BCUT2D eigenvalue weighted by Gasteiger charge is -2.27. The zero-order chi connectivity index (χ0) is 13.4. The lowest BCUT2D eigenvalue weighted by molar-refractivity contribution is 0.307. The van der Waals surface area contributed by atoms with Crippen LogP contribution in [0, 0.1) is 0 Å². The number of nitrogens with one attached hydrogen (secondary N) is 1. The molecule has 0 radical (unpaired) electrons. The third-order valence-electron chi connectivity index (χ3n) is 3.90. The minimum atomic E-state index is 0.514. The molecule has 0 aliphatic heterocycles. The van der Waals surface area contributed by atoms with Crippen molar-refractivity contribution in [3.63, 3.8) is 0 Å². The van der Waals surface area contributed by atoms with Crippen molar-refractivity contribution in [3.05, 3.63) is 30.3 Å². The summed E-state index contributed by atoms with van der Waals surface area (Å²) in [6.45, 7) is 3.00. The van der Waals surface area contributed by atoms with E-state index in [9.17, 15) is 0 Å². The van der Waals surface area contributed by atoms with Crippen LogP contribution in [-0.2, 0) is 0 Å². The van der Waals surface area contributed by atoms with Crippen LogP contribution in [0.1, 0.15) is 32.1 Å². The molecule has 1 aromatic carbocycles. The molecule has 0 spiro atoms. The summed E-state index contributed by atoms with van der Waals surface area (Å²) in [6.07, 6.45) is 8.88. The molecule has 3 heteroatoms. The van der Waals surface area contributed by atoms with E-state index in [1.165, 1.54) is 25.7 Å². The Labute approximate surface area is 121 Å². The van der Waals surface area contributed by atoms with Gasteiger partial charge in [-0.05, 0) is 44.2 Å². The molecule has 1 aromatic rings. The summed E-state index contributed by atoms with van der Waals surface area (Å²) in [7, 11) is 0. The Balaban J connectivity index is 1.55. The van der Waals surface area contributed by atoms with Crippen LogP contribution >= 0.6 is 11.8 Å². The highest BCUT2D eigenvalue weighted by molar-refractivity contribution is 8.00. The molecule has 19 heavy (non-hydrogen) atoms. The highest BCUT2D eigenvalue weighted by Gasteiger charge is 2.32. The summed E-state index contributed by atoms with van der Waals surface area (Å²) >= 11 is 2.05. The van der Waals surface area contributed by atoms with Crippen LogP contribution in [0.4, 0.5) is 0 Å². The van der Waals surface area contributed by atoms with Gasteiger partial charge in [-0.1, -0.05) is 31.0 Å². The maximum Gasteiger partial charge on any atom is 0.119 e. The summed E-state index contributed by atoms with van der Waals surface area (Å²) in [5.74, 6) is 0.971. The van der Waals surface area contributed by atoms with E-state index in [1.807, 2.05) is 42.1 Å². The average molecular weight is 279 g/mol. The van der Waals surface area contributed by atoms with Gasteiger partial charge in [-0.25, -0.2) is 0 Å². The van der Waals surface area contributed by atoms with Crippen molar-refractivity contribution in [3.8, 4) is 5.75 Å². The van der Waals surface area contributed by atoms with Gasteiger partial charge in [-0.15, -0.1) is 0 Å². The Bertz CT molecular complexity index is 349. The van der Waals surface area contributed by atoms with Gasteiger partial charge >= 0.3 is 0 Å². The van der Waals surface area contributed by atoms with Crippen LogP contribution < -0.4 is 10.1 Å². The Morgan fingerprint density at radius 1 is 1.21 bits per heavy atom. The molecule has 2 nitrogen and oxygen atoms in total. The van der Waals surface area contributed by atoms with Crippen LogP contribution in [0.15, 0.2) is 30.3 Å². The van der Waals surface area contributed by atoms with Crippen molar-refractivity contribution in [2.45, 2.75) is 36.9 Å². The van der Waals surface area contributed by atoms with E-state index >= 15 is 0 Å². The predicted octanol–water partition coefficient (Wildman–Crippen LogP) is 3.72. The summed E-state index contributed by atoms with van der Waals surface area (Å²) in [4.78, 5) is 0. The molecule has 2 rings (SSSR count). The van der Waals surface area contributed by atoms with Crippen LogP contribution in [0.2, 0.25) is 0 Å². The van der Waals surface area contributed by atoms with Gasteiger partial charge in [-0.2, -0.15) is 11.8 Å². The van der Waals surface area contributed by atoms with Crippen molar-refractivity contribution in [2.75, 3.05) is 26.0 Å². The van der Waals surface area contributed by atoms with Crippen molar-refractivity contribution in [1.29, 1.82) is 0 Å². The molecule has 0 saturated heterocycles. The molecule has 1 fully saturated rings. The van der Waals surface area contributed by atoms with Crippen molar-refractivity contribution in [2.24, 2.45) is 0 Å². The van der Waals surface area contributed by atoms with Gasteiger partial charge in [0, 0.05) is 11.3 Å². The van der Waals surface area contributed by atoms with E-state index in [0.717, 1.165) is 31.9 Å². The predicted molar refractivity (Wildman–Crippen MR) is 84.1 cm³/mol. The van der Waals surface area contributed by atoms with Crippen molar-refractivity contribution < 1.29 is 4.74 Å². The van der Waals surface area contributed by atoms with E-state index in [4.69, 9.17) is 4.74 Å².